The minimum atomic E-state index is -0.379. The minimum absolute atomic E-state index is 0.205. The summed E-state index contributed by atoms with van der Waals surface area (Å²) in [5.74, 6) is 1.48. The fourth-order valence-electron chi connectivity index (χ4n) is 1.88. The average molecular weight is 347 g/mol. The normalized spacial score (nSPS) is 10.5. The van der Waals surface area contributed by atoms with E-state index in [1.165, 1.54) is 23.3 Å². The SMILES string of the molecule is COc1ccc(-c2ccc(C(=O)Nc3nsc(SC)n3)o2)cc1. The molecule has 2 aromatic heterocycles. The third-order valence-electron chi connectivity index (χ3n) is 3.01. The van der Waals surface area contributed by atoms with Crippen molar-refractivity contribution in [1.82, 2.24) is 9.36 Å². The number of ether oxygens (including phenoxy) is 1. The number of hydrogen-bond donors (Lipinski definition) is 1. The van der Waals surface area contributed by atoms with Crippen LogP contribution in [0.5, 0.6) is 5.75 Å². The third-order valence-corrected chi connectivity index (χ3v) is 4.69. The molecule has 0 unspecified atom stereocenters. The number of thioether (sulfide) groups is 1. The number of nitrogens with zero attached hydrogens (tertiary/aromatic N) is 2. The molecule has 3 aromatic rings. The van der Waals surface area contributed by atoms with E-state index in [2.05, 4.69) is 14.7 Å². The Kier molecular flexibility index (Phi) is 4.63. The molecule has 8 heteroatoms. The van der Waals surface area contributed by atoms with Crippen LogP contribution in [0, 0.1) is 0 Å². The number of rotatable bonds is 5. The van der Waals surface area contributed by atoms with Gasteiger partial charge in [-0.25, -0.2) is 0 Å². The summed E-state index contributed by atoms with van der Waals surface area (Å²) in [7, 11) is 1.61. The maximum Gasteiger partial charge on any atom is 0.293 e. The Bertz CT molecular complexity index is 811. The highest BCUT2D eigenvalue weighted by Gasteiger charge is 2.14. The highest BCUT2D eigenvalue weighted by atomic mass is 32.2. The molecular weight excluding hydrogens is 334 g/mol. The van der Waals surface area contributed by atoms with Crippen molar-refractivity contribution in [3.63, 3.8) is 0 Å². The van der Waals surface area contributed by atoms with Crippen LogP contribution in [0.4, 0.5) is 5.95 Å². The lowest BCUT2D eigenvalue weighted by atomic mass is 10.2. The highest BCUT2D eigenvalue weighted by molar-refractivity contribution is 8.00. The highest BCUT2D eigenvalue weighted by Crippen LogP contribution is 2.25. The lowest BCUT2D eigenvalue weighted by Gasteiger charge is -2.01. The first kappa shape index (κ1) is 15.6. The number of benzene rings is 1. The summed E-state index contributed by atoms with van der Waals surface area (Å²) in [6.45, 7) is 0. The van der Waals surface area contributed by atoms with E-state index in [0.717, 1.165) is 15.7 Å². The molecule has 0 aliphatic heterocycles. The van der Waals surface area contributed by atoms with Gasteiger partial charge in [-0.1, -0.05) is 11.8 Å². The molecule has 0 saturated heterocycles. The Morgan fingerprint density at radius 3 is 2.70 bits per heavy atom. The molecule has 3 rings (SSSR count). The van der Waals surface area contributed by atoms with Gasteiger partial charge in [-0.05, 0) is 54.2 Å². The number of carbonyl (C=O) groups excluding carboxylic acids is 1. The van der Waals surface area contributed by atoms with E-state index in [4.69, 9.17) is 9.15 Å². The fraction of sp³-hybridized carbons (Fsp3) is 0.133. The molecule has 0 aliphatic carbocycles. The van der Waals surface area contributed by atoms with Gasteiger partial charge in [-0.15, -0.1) is 0 Å². The molecule has 23 heavy (non-hydrogen) atoms. The van der Waals surface area contributed by atoms with E-state index in [1.807, 2.05) is 30.5 Å². The van der Waals surface area contributed by atoms with E-state index in [9.17, 15) is 4.79 Å². The van der Waals surface area contributed by atoms with Gasteiger partial charge in [0, 0.05) is 5.56 Å². The smallest absolute Gasteiger partial charge is 0.293 e. The van der Waals surface area contributed by atoms with Crippen molar-refractivity contribution in [2.75, 3.05) is 18.7 Å². The van der Waals surface area contributed by atoms with Crippen LogP contribution in [0.2, 0.25) is 0 Å². The number of methoxy groups -OCH3 is 1. The molecule has 2 heterocycles. The van der Waals surface area contributed by atoms with Crippen LogP contribution in [0.3, 0.4) is 0 Å². The Balaban J connectivity index is 1.73. The molecule has 1 aromatic carbocycles. The predicted octanol–water partition coefficient (Wildman–Crippen LogP) is 3.78. The van der Waals surface area contributed by atoms with Crippen LogP contribution in [-0.4, -0.2) is 28.6 Å². The number of carbonyl (C=O) groups is 1. The molecule has 0 radical (unpaired) electrons. The second-order valence-electron chi connectivity index (χ2n) is 4.43. The number of aromatic nitrogens is 2. The van der Waals surface area contributed by atoms with Crippen LogP contribution < -0.4 is 10.1 Å². The van der Waals surface area contributed by atoms with Gasteiger partial charge in [-0.2, -0.15) is 9.36 Å². The molecule has 1 amide bonds. The average Bonchev–Trinajstić information content (AvgIpc) is 3.24. The summed E-state index contributed by atoms with van der Waals surface area (Å²) in [5.41, 5.74) is 0.862. The fourth-order valence-corrected chi connectivity index (χ4v) is 2.84. The second kappa shape index (κ2) is 6.84. The largest absolute Gasteiger partial charge is 0.497 e. The van der Waals surface area contributed by atoms with Crippen molar-refractivity contribution in [3.05, 3.63) is 42.2 Å². The van der Waals surface area contributed by atoms with E-state index >= 15 is 0 Å². The quantitative estimate of drug-likeness (QED) is 0.708. The summed E-state index contributed by atoms with van der Waals surface area (Å²) in [6, 6.07) is 10.8. The zero-order chi connectivity index (χ0) is 16.2. The standard InChI is InChI=1S/C15H13N3O3S2/c1-20-10-5-3-9(4-6-10)11-7-8-12(21-11)13(19)16-14-17-15(22-2)23-18-14/h3-8H,1-2H3,(H,16,18,19). The molecular formula is C15H13N3O3S2. The van der Waals surface area contributed by atoms with Crippen LogP contribution >= 0.6 is 23.3 Å². The van der Waals surface area contributed by atoms with Gasteiger partial charge >= 0.3 is 0 Å². The van der Waals surface area contributed by atoms with Crippen molar-refractivity contribution in [1.29, 1.82) is 0 Å². The van der Waals surface area contributed by atoms with Crippen LogP contribution in [0.1, 0.15) is 10.6 Å². The first-order chi connectivity index (χ1) is 11.2. The number of nitrogens with one attached hydrogen (secondary N) is 1. The number of furan rings is 1. The van der Waals surface area contributed by atoms with Crippen molar-refractivity contribution in [2.24, 2.45) is 0 Å². The van der Waals surface area contributed by atoms with E-state index in [0.29, 0.717) is 5.76 Å². The van der Waals surface area contributed by atoms with Gasteiger partial charge in [0.1, 0.15) is 11.5 Å². The third kappa shape index (κ3) is 3.54. The Hall–Kier alpha value is -2.32. The van der Waals surface area contributed by atoms with Crippen molar-refractivity contribution >= 4 is 35.1 Å². The maximum absolute atomic E-state index is 12.1. The summed E-state index contributed by atoms with van der Waals surface area (Å²) in [5, 5.41) is 2.62. The zero-order valence-corrected chi connectivity index (χ0v) is 14.0. The molecule has 0 fully saturated rings. The topological polar surface area (TPSA) is 77.2 Å². The molecule has 0 spiro atoms. The van der Waals surface area contributed by atoms with Crippen LogP contribution in [0.25, 0.3) is 11.3 Å². The minimum Gasteiger partial charge on any atom is -0.497 e. The summed E-state index contributed by atoms with van der Waals surface area (Å²) in [4.78, 5) is 16.3. The lowest BCUT2D eigenvalue weighted by Crippen LogP contribution is -2.11. The zero-order valence-electron chi connectivity index (χ0n) is 12.4. The molecule has 0 aliphatic rings. The molecule has 118 valence electrons. The van der Waals surface area contributed by atoms with E-state index in [1.54, 1.807) is 19.2 Å². The first-order valence-corrected chi connectivity index (χ1v) is 8.62. The van der Waals surface area contributed by atoms with Gasteiger partial charge < -0.3 is 9.15 Å². The number of amides is 1. The van der Waals surface area contributed by atoms with Gasteiger partial charge in [-0.3, -0.25) is 10.1 Å². The molecule has 6 nitrogen and oxygen atoms in total. The Morgan fingerprint density at radius 2 is 2.04 bits per heavy atom. The number of anilines is 1. The summed E-state index contributed by atoms with van der Waals surface area (Å²) < 4.78 is 15.6. The molecule has 1 N–H and O–H groups in total. The Morgan fingerprint density at radius 1 is 1.26 bits per heavy atom. The Labute approximate surface area is 141 Å². The molecule has 0 bridgehead atoms. The van der Waals surface area contributed by atoms with Crippen molar-refractivity contribution in [2.45, 2.75) is 4.34 Å². The van der Waals surface area contributed by atoms with Gasteiger partial charge in [0.05, 0.1) is 7.11 Å². The van der Waals surface area contributed by atoms with E-state index < -0.39 is 0 Å². The lowest BCUT2D eigenvalue weighted by molar-refractivity contribution is 0.0996. The first-order valence-electron chi connectivity index (χ1n) is 6.63. The van der Waals surface area contributed by atoms with Crippen molar-refractivity contribution in [3.8, 4) is 17.1 Å². The van der Waals surface area contributed by atoms with Gasteiger partial charge in [0.15, 0.2) is 10.1 Å². The van der Waals surface area contributed by atoms with Crippen molar-refractivity contribution < 1.29 is 13.9 Å². The summed E-state index contributed by atoms with van der Waals surface area (Å²) >= 11 is 2.71. The van der Waals surface area contributed by atoms with Gasteiger partial charge in [0.25, 0.3) is 5.91 Å². The van der Waals surface area contributed by atoms with Crippen LogP contribution in [-0.2, 0) is 0 Å². The number of hydrogen-bond acceptors (Lipinski definition) is 7. The maximum atomic E-state index is 12.1. The van der Waals surface area contributed by atoms with Gasteiger partial charge in [0.2, 0.25) is 5.95 Å². The molecule has 0 saturated carbocycles. The van der Waals surface area contributed by atoms with E-state index in [-0.39, 0.29) is 17.6 Å². The second-order valence-corrected chi connectivity index (χ2v) is 6.24. The van der Waals surface area contributed by atoms with Crippen LogP contribution in [0.15, 0.2) is 45.2 Å². The molecule has 0 atom stereocenters. The monoisotopic (exact) mass is 347 g/mol. The predicted molar refractivity (Wildman–Crippen MR) is 90.3 cm³/mol. The summed E-state index contributed by atoms with van der Waals surface area (Å²) in [6.07, 6.45) is 1.90.